The lowest BCUT2D eigenvalue weighted by Gasteiger charge is -2.23. The number of nitrogens with one attached hydrogen (secondary N) is 1. The minimum atomic E-state index is 0.592. The topological polar surface area (TPSA) is 57.9 Å². The Morgan fingerprint density at radius 2 is 2.12 bits per heavy atom. The molecule has 92 valence electrons. The molecule has 0 bridgehead atoms. The molecule has 2 rings (SSSR count). The van der Waals surface area contributed by atoms with Gasteiger partial charge in [0.05, 0.1) is 11.0 Å². The molecular weight excluding hydrogens is 212 g/mol. The largest absolute Gasteiger partial charge is 0.341 e. The molecule has 0 saturated carbocycles. The number of fused-ring (bicyclic) bond motifs is 1. The van der Waals surface area contributed by atoms with Crippen molar-refractivity contribution in [1.29, 1.82) is 0 Å². The van der Waals surface area contributed by atoms with Gasteiger partial charge in [0.2, 0.25) is 5.95 Å². The molecule has 2 aromatic rings. The van der Waals surface area contributed by atoms with Crippen molar-refractivity contribution in [1.82, 2.24) is 9.97 Å². The van der Waals surface area contributed by atoms with Gasteiger partial charge in [0, 0.05) is 19.6 Å². The Morgan fingerprint density at radius 1 is 1.35 bits per heavy atom. The van der Waals surface area contributed by atoms with Gasteiger partial charge < -0.3 is 15.6 Å². The molecule has 0 spiro atoms. The summed E-state index contributed by atoms with van der Waals surface area (Å²) in [6.07, 6.45) is 0. The van der Waals surface area contributed by atoms with Crippen LogP contribution < -0.4 is 10.6 Å². The number of anilines is 1. The third kappa shape index (κ3) is 2.77. The maximum absolute atomic E-state index is 5.65. The van der Waals surface area contributed by atoms with Crippen molar-refractivity contribution in [2.75, 3.05) is 24.5 Å². The quantitative estimate of drug-likeness (QED) is 0.828. The lowest BCUT2D eigenvalue weighted by Crippen LogP contribution is -2.33. The molecular formula is C13H20N4. The number of H-pyrrole nitrogens is 1. The zero-order chi connectivity index (χ0) is 12.3. The highest BCUT2D eigenvalue weighted by atomic mass is 15.3. The summed E-state index contributed by atoms with van der Waals surface area (Å²) >= 11 is 0. The molecule has 0 atom stereocenters. The van der Waals surface area contributed by atoms with Crippen molar-refractivity contribution in [2.24, 2.45) is 11.7 Å². The number of hydrogen-bond acceptors (Lipinski definition) is 3. The summed E-state index contributed by atoms with van der Waals surface area (Å²) < 4.78 is 0. The highest BCUT2D eigenvalue weighted by Gasteiger charge is 2.11. The van der Waals surface area contributed by atoms with Crippen molar-refractivity contribution in [3.8, 4) is 0 Å². The molecule has 1 heterocycles. The number of nitrogens with zero attached hydrogens (tertiary/aromatic N) is 2. The Kier molecular flexibility index (Phi) is 3.64. The summed E-state index contributed by atoms with van der Waals surface area (Å²) in [5, 5.41) is 0. The van der Waals surface area contributed by atoms with Crippen molar-refractivity contribution in [2.45, 2.75) is 13.8 Å². The van der Waals surface area contributed by atoms with Crippen LogP contribution in [0.5, 0.6) is 0 Å². The Morgan fingerprint density at radius 3 is 2.76 bits per heavy atom. The average molecular weight is 232 g/mol. The number of para-hydroxylation sites is 2. The fourth-order valence-electron chi connectivity index (χ4n) is 1.97. The summed E-state index contributed by atoms with van der Waals surface area (Å²) in [6, 6.07) is 8.08. The zero-order valence-electron chi connectivity index (χ0n) is 10.5. The molecule has 0 aliphatic carbocycles. The van der Waals surface area contributed by atoms with Gasteiger partial charge in [-0.05, 0) is 18.1 Å². The van der Waals surface area contributed by atoms with Gasteiger partial charge in [0.1, 0.15) is 0 Å². The van der Waals surface area contributed by atoms with E-state index in [2.05, 4.69) is 28.7 Å². The standard InChI is InChI=1S/C13H20N4/c1-10(2)9-17(8-7-14)13-15-11-5-3-4-6-12(11)16-13/h3-6,10H,7-9,14H2,1-2H3,(H,15,16). The molecule has 4 heteroatoms. The van der Waals surface area contributed by atoms with Crippen LogP contribution in [0.3, 0.4) is 0 Å². The van der Waals surface area contributed by atoms with E-state index in [-0.39, 0.29) is 0 Å². The van der Waals surface area contributed by atoms with Gasteiger partial charge >= 0.3 is 0 Å². The summed E-state index contributed by atoms with van der Waals surface area (Å²) in [7, 11) is 0. The number of rotatable bonds is 5. The second-order valence-electron chi connectivity index (χ2n) is 4.71. The highest BCUT2D eigenvalue weighted by Crippen LogP contribution is 2.17. The van der Waals surface area contributed by atoms with E-state index >= 15 is 0 Å². The van der Waals surface area contributed by atoms with E-state index in [4.69, 9.17) is 5.73 Å². The number of aromatic nitrogens is 2. The van der Waals surface area contributed by atoms with Crippen LogP contribution in [0.1, 0.15) is 13.8 Å². The molecule has 0 saturated heterocycles. The van der Waals surface area contributed by atoms with Crippen LogP contribution in [0.25, 0.3) is 11.0 Å². The first-order valence-corrected chi connectivity index (χ1v) is 6.10. The predicted octanol–water partition coefficient (Wildman–Crippen LogP) is 1.98. The Hall–Kier alpha value is -1.55. The van der Waals surface area contributed by atoms with Crippen LogP contribution in [0, 0.1) is 5.92 Å². The van der Waals surface area contributed by atoms with E-state index in [9.17, 15) is 0 Å². The van der Waals surface area contributed by atoms with Crippen LogP contribution in [0.2, 0.25) is 0 Å². The molecule has 4 nitrogen and oxygen atoms in total. The van der Waals surface area contributed by atoms with Gasteiger partial charge in [0.25, 0.3) is 0 Å². The lowest BCUT2D eigenvalue weighted by atomic mass is 10.2. The van der Waals surface area contributed by atoms with E-state index in [1.165, 1.54) is 0 Å². The van der Waals surface area contributed by atoms with Crippen molar-refractivity contribution < 1.29 is 0 Å². The fourth-order valence-corrected chi connectivity index (χ4v) is 1.97. The third-order valence-corrected chi connectivity index (χ3v) is 2.66. The molecule has 0 aliphatic rings. The number of nitrogens with two attached hydrogens (primary N) is 1. The summed E-state index contributed by atoms with van der Waals surface area (Å²) in [4.78, 5) is 10.2. The fraction of sp³-hybridized carbons (Fsp3) is 0.462. The first kappa shape index (κ1) is 11.9. The van der Waals surface area contributed by atoms with Crippen LogP contribution in [0.4, 0.5) is 5.95 Å². The minimum absolute atomic E-state index is 0.592. The molecule has 17 heavy (non-hydrogen) atoms. The van der Waals surface area contributed by atoms with E-state index in [0.29, 0.717) is 12.5 Å². The number of imidazole rings is 1. The monoisotopic (exact) mass is 232 g/mol. The van der Waals surface area contributed by atoms with Crippen LogP contribution >= 0.6 is 0 Å². The minimum Gasteiger partial charge on any atom is -0.341 e. The highest BCUT2D eigenvalue weighted by molar-refractivity contribution is 5.77. The molecule has 1 aromatic heterocycles. The van der Waals surface area contributed by atoms with Crippen molar-refractivity contribution in [3.63, 3.8) is 0 Å². The second-order valence-corrected chi connectivity index (χ2v) is 4.71. The summed E-state index contributed by atoms with van der Waals surface area (Å²) in [5.41, 5.74) is 7.74. The molecule has 0 fully saturated rings. The zero-order valence-corrected chi connectivity index (χ0v) is 10.5. The van der Waals surface area contributed by atoms with Crippen molar-refractivity contribution in [3.05, 3.63) is 24.3 Å². The third-order valence-electron chi connectivity index (χ3n) is 2.66. The number of aromatic amines is 1. The lowest BCUT2D eigenvalue weighted by molar-refractivity contribution is 0.604. The van der Waals surface area contributed by atoms with Crippen LogP contribution in [-0.4, -0.2) is 29.6 Å². The maximum Gasteiger partial charge on any atom is 0.203 e. The van der Waals surface area contributed by atoms with Crippen LogP contribution in [-0.2, 0) is 0 Å². The van der Waals surface area contributed by atoms with Gasteiger partial charge in [-0.25, -0.2) is 4.98 Å². The summed E-state index contributed by atoms with van der Waals surface area (Å²) in [5.74, 6) is 1.51. The Bertz CT molecular complexity index is 442. The van der Waals surface area contributed by atoms with Gasteiger partial charge in [-0.15, -0.1) is 0 Å². The van der Waals surface area contributed by atoms with E-state index in [1.54, 1.807) is 0 Å². The molecule has 3 N–H and O–H groups in total. The number of hydrogen-bond donors (Lipinski definition) is 2. The van der Waals surface area contributed by atoms with Crippen LogP contribution in [0.15, 0.2) is 24.3 Å². The first-order chi connectivity index (χ1) is 8.20. The van der Waals surface area contributed by atoms with Gasteiger partial charge in [-0.3, -0.25) is 0 Å². The Labute approximate surface area is 102 Å². The molecule has 0 amide bonds. The Balaban J connectivity index is 2.27. The van der Waals surface area contributed by atoms with Gasteiger partial charge in [-0.2, -0.15) is 0 Å². The van der Waals surface area contributed by atoms with Gasteiger partial charge in [0.15, 0.2) is 0 Å². The van der Waals surface area contributed by atoms with Crippen molar-refractivity contribution >= 4 is 17.0 Å². The number of benzene rings is 1. The molecule has 1 aromatic carbocycles. The molecule has 0 aliphatic heterocycles. The van der Waals surface area contributed by atoms with E-state index in [1.807, 2.05) is 24.3 Å². The van der Waals surface area contributed by atoms with E-state index < -0.39 is 0 Å². The SMILES string of the molecule is CC(C)CN(CCN)c1nc2ccccc2[nH]1. The molecule has 0 radical (unpaired) electrons. The maximum atomic E-state index is 5.65. The first-order valence-electron chi connectivity index (χ1n) is 6.10. The molecule has 0 unspecified atom stereocenters. The predicted molar refractivity (Wildman–Crippen MR) is 72.2 cm³/mol. The summed E-state index contributed by atoms with van der Waals surface area (Å²) in [6.45, 7) is 6.84. The average Bonchev–Trinajstić information content (AvgIpc) is 2.71. The smallest absolute Gasteiger partial charge is 0.203 e. The van der Waals surface area contributed by atoms with E-state index in [0.717, 1.165) is 30.1 Å². The normalized spacial score (nSPS) is 11.3. The van der Waals surface area contributed by atoms with Gasteiger partial charge in [-0.1, -0.05) is 26.0 Å². The second kappa shape index (κ2) is 5.19.